The van der Waals surface area contributed by atoms with Crippen molar-refractivity contribution in [3.8, 4) is 17.0 Å². The molecule has 0 unspecified atom stereocenters. The topological polar surface area (TPSA) is 111 Å². The summed E-state index contributed by atoms with van der Waals surface area (Å²) in [7, 11) is 0. The van der Waals surface area contributed by atoms with Crippen molar-refractivity contribution in [2.75, 3.05) is 18.5 Å². The molecule has 1 aliphatic heterocycles. The minimum atomic E-state index is -0.433. The molecule has 10 heteroatoms. The number of para-hydroxylation sites is 1. The van der Waals surface area contributed by atoms with Crippen LogP contribution in [-0.4, -0.2) is 34.9 Å². The number of thiazole rings is 1. The Balaban J connectivity index is 1.54. The fourth-order valence-electron chi connectivity index (χ4n) is 3.77. The van der Waals surface area contributed by atoms with Gasteiger partial charge >= 0.3 is 0 Å². The molecule has 4 aromatic rings. The van der Waals surface area contributed by atoms with E-state index in [0.29, 0.717) is 28.3 Å². The number of fused-ring (bicyclic) bond motifs is 1. The Hall–Kier alpha value is -4.57. The van der Waals surface area contributed by atoms with E-state index >= 15 is 0 Å². The van der Waals surface area contributed by atoms with E-state index in [1.54, 1.807) is 28.9 Å². The van der Waals surface area contributed by atoms with Crippen LogP contribution in [-0.2, 0) is 11.2 Å². The normalized spacial score (nSPS) is 13.3. The van der Waals surface area contributed by atoms with Crippen molar-refractivity contribution in [2.24, 2.45) is 10.1 Å². The maximum atomic E-state index is 11.8. The number of nitrogens with one attached hydrogen (secondary N) is 1. The zero-order valence-corrected chi connectivity index (χ0v) is 19.9. The first-order valence-corrected chi connectivity index (χ1v) is 12.1. The van der Waals surface area contributed by atoms with Crippen molar-refractivity contribution in [2.45, 2.75) is 6.42 Å². The quantitative estimate of drug-likeness (QED) is 0.230. The third-order valence-electron chi connectivity index (χ3n) is 5.53. The predicted octanol–water partition coefficient (Wildman–Crippen LogP) is 4.48. The van der Waals surface area contributed by atoms with Crippen LogP contribution in [0.25, 0.3) is 11.3 Å². The molecule has 0 bridgehead atoms. The van der Waals surface area contributed by atoms with Gasteiger partial charge in [0.1, 0.15) is 5.75 Å². The Morgan fingerprint density at radius 3 is 2.75 bits per heavy atom. The number of nitrogens with zero attached hydrogens (tertiary/aromatic N) is 4. The molecule has 0 saturated carbocycles. The molecule has 2 heterocycles. The molecule has 1 aliphatic rings. The first kappa shape index (κ1) is 23.2. The van der Waals surface area contributed by atoms with Crippen LogP contribution in [0.3, 0.4) is 0 Å². The summed E-state index contributed by atoms with van der Waals surface area (Å²) in [5.74, 6) is 0.375. The summed E-state index contributed by atoms with van der Waals surface area (Å²) >= 11 is 1.42. The van der Waals surface area contributed by atoms with E-state index in [1.165, 1.54) is 29.2 Å². The minimum absolute atomic E-state index is 0.0185. The number of hydrogen-bond donors (Lipinski definition) is 1. The monoisotopic (exact) mass is 499 g/mol. The van der Waals surface area contributed by atoms with Crippen LogP contribution >= 0.6 is 11.3 Å². The fraction of sp³-hybridized carbons (Fsp3) is 0.115. The van der Waals surface area contributed by atoms with Gasteiger partial charge in [0.2, 0.25) is 4.80 Å². The molecule has 9 nitrogen and oxygen atoms in total. The third-order valence-corrected chi connectivity index (χ3v) is 6.38. The van der Waals surface area contributed by atoms with E-state index in [0.717, 1.165) is 17.7 Å². The number of aromatic nitrogens is 1. The molecule has 1 N–H and O–H groups in total. The van der Waals surface area contributed by atoms with Gasteiger partial charge in [-0.1, -0.05) is 42.5 Å². The highest BCUT2D eigenvalue weighted by molar-refractivity contribution is 7.07. The van der Waals surface area contributed by atoms with E-state index in [2.05, 4.69) is 22.6 Å². The van der Waals surface area contributed by atoms with Crippen LogP contribution < -0.4 is 14.9 Å². The molecule has 0 aliphatic carbocycles. The summed E-state index contributed by atoms with van der Waals surface area (Å²) in [6.07, 6.45) is 2.23. The Morgan fingerprint density at radius 2 is 1.92 bits per heavy atom. The first-order valence-electron chi connectivity index (χ1n) is 11.2. The van der Waals surface area contributed by atoms with Gasteiger partial charge in [-0.05, 0) is 36.2 Å². The SMILES string of the molecule is O=C1COc2ccc(-c3csc(=NCCc4ccccc4)n3N=Cc3ccccc3[N+](=O)[O-])cc2N1. The van der Waals surface area contributed by atoms with E-state index in [9.17, 15) is 14.9 Å². The maximum absolute atomic E-state index is 11.8. The zero-order chi connectivity index (χ0) is 24.9. The zero-order valence-electron chi connectivity index (χ0n) is 19.0. The van der Waals surface area contributed by atoms with E-state index in [4.69, 9.17) is 9.73 Å². The summed E-state index contributed by atoms with van der Waals surface area (Å²) in [6, 6.07) is 22.0. The molecule has 1 aromatic heterocycles. The summed E-state index contributed by atoms with van der Waals surface area (Å²) < 4.78 is 7.14. The molecular formula is C26H21N5O4S. The smallest absolute Gasteiger partial charge is 0.278 e. The maximum Gasteiger partial charge on any atom is 0.278 e. The number of ether oxygens (including phenoxy) is 1. The Kier molecular flexibility index (Phi) is 6.67. The predicted molar refractivity (Wildman–Crippen MR) is 139 cm³/mol. The van der Waals surface area contributed by atoms with Gasteiger partial charge in [-0.2, -0.15) is 5.10 Å². The second kappa shape index (κ2) is 10.4. The first-order chi connectivity index (χ1) is 17.6. The van der Waals surface area contributed by atoms with Gasteiger partial charge in [-0.3, -0.25) is 19.9 Å². The van der Waals surface area contributed by atoms with Gasteiger partial charge in [0.05, 0.1) is 28.1 Å². The van der Waals surface area contributed by atoms with Crippen LogP contribution in [0.5, 0.6) is 5.75 Å². The lowest BCUT2D eigenvalue weighted by molar-refractivity contribution is -0.385. The van der Waals surface area contributed by atoms with Crippen molar-refractivity contribution in [3.05, 3.63) is 104 Å². The van der Waals surface area contributed by atoms with Crippen molar-refractivity contribution in [1.29, 1.82) is 0 Å². The number of anilines is 1. The molecular weight excluding hydrogens is 478 g/mol. The van der Waals surface area contributed by atoms with E-state index < -0.39 is 4.92 Å². The molecule has 0 fully saturated rings. The molecule has 36 heavy (non-hydrogen) atoms. The lowest BCUT2D eigenvalue weighted by atomic mass is 10.1. The van der Waals surface area contributed by atoms with Gasteiger partial charge in [-0.25, -0.2) is 4.68 Å². The lowest BCUT2D eigenvalue weighted by Gasteiger charge is -2.18. The van der Waals surface area contributed by atoms with Gasteiger partial charge in [-0.15, -0.1) is 11.3 Å². The average Bonchev–Trinajstić information content (AvgIpc) is 3.30. The number of amides is 1. The van der Waals surface area contributed by atoms with Crippen LogP contribution in [0.4, 0.5) is 11.4 Å². The second-order valence-corrected chi connectivity index (χ2v) is 8.78. The van der Waals surface area contributed by atoms with Gasteiger partial charge in [0.15, 0.2) is 6.61 Å². The standard InChI is InChI=1S/C26H21N5O4S/c32-25-16-35-24-11-10-19(14-21(24)29-25)23-17-36-26(27-13-12-18-6-2-1-3-7-18)30(23)28-15-20-8-4-5-9-22(20)31(33)34/h1-11,14-15,17H,12-13,16H2,(H,29,32). The summed E-state index contributed by atoms with van der Waals surface area (Å²) in [6.45, 7) is 0.536. The van der Waals surface area contributed by atoms with Crippen LogP contribution in [0.2, 0.25) is 0 Å². The number of nitro groups is 1. The van der Waals surface area contributed by atoms with Crippen molar-refractivity contribution in [1.82, 2.24) is 4.68 Å². The highest BCUT2D eigenvalue weighted by Gasteiger charge is 2.18. The number of carbonyl (C=O) groups excluding carboxylic acids is 1. The van der Waals surface area contributed by atoms with Crippen LogP contribution in [0, 0.1) is 10.1 Å². The Labute approximate surface area is 210 Å². The van der Waals surface area contributed by atoms with Gasteiger partial charge in [0.25, 0.3) is 11.6 Å². The Bertz CT molecular complexity index is 1520. The molecule has 0 atom stereocenters. The number of hydrogen-bond acceptors (Lipinski definition) is 7. The second-order valence-electron chi connectivity index (χ2n) is 7.94. The molecule has 0 spiro atoms. The molecule has 0 saturated heterocycles. The Morgan fingerprint density at radius 1 is 1.11 bits per heavy atom. The number of nitro benzene ring substituents is 1. The molecule has 3 aromatic carbocycles. The van der Waals surface area contributed by atoms with E-state index in [-0.39, 0.29) is 18.2 Å². The summed E-state index contributed by atoms with van der Waals surface area (Å²) in [4.78, 5) is 28.2. The van der Waals surface area contributed by atoms with Gasteiger partial charge < -0.3 is 10.1 Å². The largest absolute Gasteiger partial charge is 0.482 e. The van der Waals surface area contributed by atoms with Gasteiger partial charge in [0, 0.05) is 23.6 Å². The van der Waals surface area contributed by atoms with Crippen molar-refractivity contribution in [3.63, 3.8) is 0 Å². The molecule has 0 radical (unpaired) electrons. The molecule has 180 valence electrons. The lowest BCUT2D eigenvalue weighted by Crippen LogP contribution is -2.25. The summed E-state index contributed by atoms with van der Waals surface area (Å²) in [5, 5.41) is 20.8. The minimum Gasteiger partial charge on any atom is -0.482 e. The number of rotatable bonds is 7. The average molecular weight is 500 g/mol. The number of benzene rings is 3. The molecule has 1 amide bonds. The van der Waals surface area contributed by atoms with E-state index in [1.807, 2.05) is 35.7 Å². The highest BCUT2D eigenvalue weighted by atomic mass is 32.1. The van der Waals surface area contributed by atoms with Crippen molar-refractivity contribution < 1.29 is 14.5 Å². The van der Waals surface area contributed by atoms with Crippen LogP contribution in [0.15, 0.2) is 88.3 Å². The molecule has 5 rings (SSSR count). The fourth-order valence-corrected chi connectivity index (χ4v) is 4.63. The summed E-state index contributed by atoms with van der Waals surface area (Å²) in [5.41, 5.74) is 3.63. The van der Waals surface area contributed by atoms with Crippen molar-refractivity contribution >= 4 is 34.8 Å². The highest BCUT2D eigenvalue weighted by Crippen LogP contribution is 2.33. The van der Waals surface area contributed by atoms with Crippen LogP contribution in [0.1, 0.15) is 11.1 Å². The number of carbonyl (C=O) groups is 1. The third kappa shape index (κ3) is 5.08.